The molecule has 0 aromatic heterocycles. The topological polar surface area (TPSA) is 225 Å². The lowest BCUT2D eigenvalue weighted by molar-refractivity contribution is -0.144. The van der Waals surface area contributed by atoms with Gasteiger partial charge >= 0.3 is 11.9 Å². The molecule has 0 saturated heterocycles. The molecule has 0 radical (unpaired) electrons. The van der Waals surface area contributed by atoms with Crippen molar-refractivity contribution in [3.8, 4) is 0 Å². The number of nitrogens with one attached hydrogen (secondary N) is 4. The minimum Gasteiger partial charge on any atom is -0.480 e. The van der Waals surface area contributed by atoms with E-state index < -0.39 is 62.4 Å². The summed E-state index contributed by atoms with van der Waals surface area (Å²) in [6, 6.07) is 20.7. The van der Waals surface area contributed by atoms with Gasteiger partial charge in [-0.15, -0.1) is 0 Å². The third-order valence-corrected chi connectivity index (χ3v) is 15.5. The van der Waals surface area contributed by atoms with Gasteiger partial charge in [0.1, 0.15) is 21.9 Å². The molecule has 2 aliphatic carbocycles. The van der Waals surface area contributed by atoms with E-state index in [9.17, 15) is 47.4 Å². The highest BCUT2D eigenvalue weighted by molar-refractivity contribution is 7.98. The Balaban J connectivity index is 0.000000261. The van der Waals surface area contributed by atoms with E-state index in [0.29, 0.717) is 29.8 Å². The zero-order chi connectivity index (χ0) is 51.2. The number of benzene rings is 4. The van der Waals surface area contributed by atoms with Crippen LogP contribution in [-0.4, -0.2) is 90.3 Å². The number of sulfone groups is 1. The van der Waals surface area contributed by atoms with E-state index in [1.807, 2.05) is 6.26 Å². The molecule has 70 heavy (non-hydrogen) atoms. The van der Waals surface area contributed by atoms with Gasteiger partial charge in [-0.3, -0.25) is 19.2 Å². The Labute approximate surface area is 432 Å². The van der Waals surface area contributed by atoms with Crippen molar-refractivity contribution in [1.82, 2.24) is 10.6 Å². The number of carbonyl (C=O) groups is 6. The number of halogens is 4. The van der Waals surface area contributed by atoms with Gasteiger partial charge < -0.3 is 31.5 Å². The van der Waals surface area contributed by atoms with Crippen molar-refractivity contribution < 1.29 is 47.4 Å². The standard InChI is InChI=1S/C25H28Cl2N2O6S.C25H28Cl2N2O4S/c1-36(34,35)14-13-25(11-2-3-12-25)24(33)29-20(23(31)32)15-16-7-9-17(10-8-16)28-22(30)21-18(26)5-4-6-19(21)27;1-34-14-13-25(11-2-3-12-25)24(33)29-20(23(31)32)15-16-7-9-17(10-8-16)28-22(30)21-18(26)5-4-6-19(21)27/h4-10,20H,2-3,11-15H2,1H3,(H,28,30)(H,29,33)(H,31,32);4-10,20H,2-3,11-15H2,1H3,(H,28,30)(H,29,33)(H,31,32). The molecule has 2 fully saturated rings. The lowest BCUT2D eigenvalue weighted by atomic mass is 9.82. The van der Waals surface area contributed by atoms with Gasteiger partial charge in [0.05, 0.1) is 42.4 Å². The van der Waals surface area contributed by atoms with E-state index in [4.69, 9.17) is 46.4 Å². The zero-order valence-electron chi connectivity index (χ0n) is 38.6. The fourth-order valence-corrected chi connectivity index (χ4v) is 11.2. The fraction of sp³-hybridized carbons (Fsp3) is 0.400. The highest BCUT2D eigenvalue weighted by Crippen LogP contribution is 2.43. The van der Waals surface area contributed by atoms with Crippen LogP contribution in [0.25, 0.3) is 0 Å². The maximum atomic E-state index is 13.1. The third-order valence-electron chi connectivity index (χ3n) is 12.7. The molecule has 0 spiro atoms. The Kier molecular flexibility index (Phi) is 20.4. The van der Waals surface area contributed by atoms with Gasteiger partial charge in [0.15, 0.2) is 0 Å². The van der Waals surface area contributed by atoms with Gasteiger partial charge in [0.25, 0.3) is 11.8 Å². The van der Waals surface area contributed by atoms with Gasteiger partial charge in [-0.05, 0) is 110 Å². The molecule has 2 atom stereocenters. The van der Waals surface area contributed by atoms with Crippen LogP contribution in [-0.2, 0) is 41.9 Å². The zero-order valence-corrected chi connectivity index (χ0v) is 43.3. The molecule has 14 nitrogen and oxygen atoms in total. The van der Waals surface area contributed by atoms with Crippen molar-refractivity contribution >= 4 is 115 Å². The van der Waals surface area contributed by atoms with Gasteiger partial charge in [0, 0.05) is 35.9 Å². The van der Waals surface area contributed by atoms with E-state index in [0.717, 1.165) is 62.5 Å². The Morgan fingerprint density at radius 2 is 0.929 bits per heavy atom. The van der Waals surface area contributed by atoms with Crippen LogP contribution in [0.1, 0.15) is 96.1 Å². The molecule has 6 N–H and O–H groups in total. The minimum atomic E-state index is -3.25. The van der Waals surface area contributed by atoms with Crippen LogP contribution >= 0.6 is 58.2 Å². The van der Waals surface area contributed by atoms with Crippen LogP contribution < -0.4 is 21.3 Å². The molecule has 4 aromatic carbocycles. The van der Waals surface area contributed by atoms with Crippen LogP contribution in [0.2, 0.25) is 20.1 Å². The number of carboxylic acids is 2. The maximum absolute atomic E-state index is 13.1. The lowest BCUT2D eigenvalue weighted by Crippen LogP contribution is -2.49. The number of anilines is 2. The van der Waals surface area contributed by atoms with Crippen LogP contribution in [0.15, 0.2) is 84.9 Å². The van der Waals surface area contributed by atoms with Crippen molar-refractivity contribution in [2.24, 2.45) is 10.8 Å². The number of carboxylic acid groups (broad SMARTS) is 2. The van der Waals surface area contributed by atoms with E-state index in [-0.39, 0.29) is 62.1 Å². The first-order chi connectivity index (χ1) is 33.2. The summed E-state index contributed by atoms with van der Waals surface area (Å²) in [4.78, 5) is 75.1. The van der Waals surface area contributed by atoms with Crippen molar-refractivity contribution in [3.63, 3.8) is 0 Å². The summed E-state index contributed by atoms with van der Waals surface area (Å²) in [5.74, 6) is -3.01. The van der Waals surface area contributed by atoms with Crippen LogP contribution in [0, 0.1) is 10.8 Å². The van der Waals surface area contributed by atoms with Crippen molar-refractivity contribution in [3.05, 3.63) is 127 Å². The monoisotopic (exact) mass is 1080 g/mol. The Bertz CT molecular complexity index is 2600. The van der Waals surface area contributed by atoms with Gasteiger partial charge in [0.2, 0.25) is 11.8 Å². The molecule has 2 aliphatic rings. The summed E-state index contributed by atoms with van der Waals surface area (Å²) in [5.41, 5.74) is 1.33. The number of carbonyl (C=O) groups excluding carboxylic acids is 4. The summed E-state index contributed by atoms with van der Waals surface area (Å²) < 4.78 is 23.3. The van der Waals surface area contributed by atoms with Gasteiger partial charge in [-0.25, -0.2) is 18.0 Å². The summed E-state index contributed by atoms with van der Waals surface area (Å²) in [5, 5.41) is 31.3. The number of hydrogen-bond acceptors (Lipinski definition) is 9. The smallest absolute Gasteiger partial charge is 0.326 e. The van der Waals surface area contributed by atoms with Crippen molar-refractivity contribution in [1.29, 1.82) is 0 Å². The van der Waals surface area contributed by atoms with Gasteiger partial charge in [-0.2, -0.15) is 11.8 Å². The molecule has 376 valence electrons. The predicted octanol–water partition coefficient (Wildman–Crippen LogP) is 10.0. The van der Waals surface area contributed by atoms with Gasteiger partial charge in [-0.1, -0.05) is 108 Å². The molecule has 0 heterocycles. The molecule has 0 aliphatic heterocycles. The van der Waals surface area contributed by atoms with Crippen LogP contribution in [0.3, 0.4) is 0 Å². The highest BCUT2D eigenvalue weighted by atomic mass is 35.5. The van der Waals surface area contributed by atoms with E-state index in [2.05, 4.69) is 21.3 Å². The largest absolute Gasteiger partial charge is 0.480 e. The van der Waals surface area contributed by atoms with E-state index >= 15 is 0 Å². The molecule has 2 unspecified atom stereocenters. The van der Waals surface area contributed by atoms with Crippen molar-refractivity contribution in [2.45, 2.75) is 89.1 Å². The maximum Gasteiger partial charge on any atom is 0.326 e. The lowest BCUT2D eigenvalue weighted by Gasteiger charge is -2.29. The first-order valence-corrected chi connectivity index (χ1v) is 27.6. The number of amides is 4. The Hall–Kier alpha value is -4.84. The third kappa shape index (κ3) is 15.6. The summed E-state index contributed by atoms with van der Waals surface area (Å²) in [7, 11) is -3.25. The second-order valence-electron chi connectivity index (χ2n) is 17.7. The highest BCUT2D eigenvalue weighted by Gasteiger charge is 2.43. The molecule has 0 bridgehead atoms. The second kappa shape index (κ2) is 25.5. The summed E-state index contributed by atoms with van der Waals surface area (Å²) in [6.07, 6.45) is 10.5. The normalized spacial score (nSPS) is 15.6. The predicted molar refractivity (Wildman–Crippen MR) is 277 cm³/mol. The number of thioether (sulfide) groups is 1. The first-order valence-electron chi connectivity index (χ1n) is 22.6. The second-order valence-corrected chi connectivity index (χ2v) is 22.6. The Morgan fingerprint density at radius 1 is 0.586 bits per heavy atom. The molecule has 20 heteroatoms. The quantitative estimate of drug-likeness (QED) is 0.0488. The first kappa shape index (κ1) is 56.1. The number of aliphatic carboxylic acids is 2. The summed E-state index contributed by atoms with van der Waals surface area (Å²) in [6.45, 7) is 0. The van der Waals surface area contributed by atoms with E-state index in [1.54, 1.807) is 96.7 Å². The SMILES string of the molecule is CS(=O)(=O)CCC1(C(=O)NC(Cc2ccc(NC(=O)c3c(Cl)cccc3Cl)cc2)C(=O)O)CCCC1.CSCCC1(C(=O)NC(Cc2ccc(NC(=O)c3c(Cl)cccc3Cl)cc2)C(=O)O)CCCC1. The molecule has 4 aromatic rings. The summed E-state index contributed by atoms with van der Waals surface area (Å²) >= 11 is 26.0. The molecule has 2 saturated carbocycles. The average molecular weight is 1080 g/mol. The van der Waals surface area contributed by atoms with Crippen LogP contribution in [0.5, 0.6) is 0 Å². The Morgan fingerprint density at radius 3 is 1.24 bits per heavy atom. The molecular formula is C50H56Cl4N4O10S2. The molecule has 4 amide bonds. The van der Waals surface area contributed by atoms with E-state index in [1.165, 1.54) is 0 Å². The van der Waals surface area contributed by atoms with Crippen LogP contribution in [0.4, 0.5) is 11.4 Å². The number of rotatable bonds is 20. The fourth-order valence-electron chi connectivity index (χ4n) is 8.72. The molecular weight excluding hydrogens is 1020 g/mol. The average Bonchev–Trinajstić information content (AvgIpc) is 4.00. The number of hydrogen-bond donors (Lipinski definition) is 6. The minimum absolute atomic E-state index is 0.0216. The van der Waals surface area contributed by atoms with Crippen molar-refractivity contribution in [2.75, 3.05) is 34.7 Å². The molecule has 6 rings (SSSR count).